The maximum Gasteiger partial charge on any atom is 0.205 e. The number of hydrogen-bond donors (Lipinski definition) is 0. The van der Waals surface area contributed by atoms with Crippen molar-refractivity contribution in [1.82, 2.24) is 24.4 Å². The first-order valence-corrected chi connectivity index (χ1v) is 6.62. The molecule has 6 nitrogen and oxygen atoms in total. The molecule has 88 valence electrons. The maximum absolute atomic E-state index is 4.59. The van der Waals surface area contributed by atoms with Gasteiger partial charge in [-0.3, -0.25) is 0 Å². The van der Waals surface area contributed by atoms with Crippen molar-refractivity contribution in [1.29, 1.82) is 0 Å². The van der Waals surface area contributed by atoms with Crippen molar-refractivity contribution in [3.8, 4) is 0 Å². The van der Waals surface area contributed by atoms with Crippen molar-refractivity contribution >= 4 is 16.7 Å². The predicted molar refractivity (Wildman–Crippen MR) is 63.2 cm³/mol. The monoisotopic (exact) mass is 248 g/mol. The minimum absolute atomic E-state index is 0.387. The van der Waals surface area contributed by atoms with Gasteiger partial charge >= 0.3 is 0 Å². The molecule has 0 aromatic carbocycles. The van der Waals surface area contributed by atoms with E-state index in [0.717, 1.165) is 24.0 Å². The molecule has 0 atom stereocenters. The van der Waals surface area contributed by atoms with E-state index < -0.39 is 0 Å². The Bertz CT molecular complexity index is 511. The van der Waals surface area contributed by atoms with Crippen LogP contribution < -0.4 is 4.90 Å². The van der Waals surface area contributed by atoms with Crippen molar-refractivity contribution in [3.63, 3.8) is 0 Å². The molecule has 1 saturated heterocycles. The highest BCUT2D eigenvalue weighted by Gasteiger charge is 2.34. The molecule has 0 spiro atoms. The highest BCUT2D eigenvalue weighted by molar-refractivity contribution is 7.09. The number of hydrogen-bond acceptors (Lipinski definition) is 6. The van der Waals surface area contributed by atoms with Crippen LogP contribution in [0.2, 0.25) is 0 Å². The first kappa shape index (κ1) is 9.52. The van der Waals surface area contributed by atoms with Gasteiger partial charge in [0.05, 0.1) is 12.4 Å². The molecule has 4 rings (SSSR count). The fourth-order valence-corrected chi connectivity index (χ4v) is 2.80. The fraction of sp³-hybridized carbons (Fsp3) is 0.600. The van der Waals surface area contributed by atoms with Crippen LogP contribution in [0.4, 0.5) is 5.13 Å². The fourth-order valence-electron chi connectivity index (χ4n) is 2.03. The molecule has 2 fully saturated rings. The molecule has 0 N–H and O–H groups in total. The summed E-state index contributed by atoms with van der Waals surface area (Å²) in [5, 5.41) is 9.36. The minimum Gasteiger partial charge on any atom is -0.342 e. The Morgan fingerprint density at radius 1 is 1.18 bits per heavy atom. The summed E-state index contributed by atoms with van der Waals surface area (Å²) >= 11 is 1.52. The normalized spacial score (nSPS) is 20.6. The highest BCUT2D eigenvalue weighted by Crippen LogP contribution is 2.40. The van der Waals surface area contributed by atoms with Gasteiger partial charge in [0, 0.05) is 30.5 Å². The lowest BCUT2D eigenvalue weighted by Gasteiger charge is -2.37. The van der Waals surface area contributed by atoms with Gasteiger partial charge < -0.3 is 4.90 Å². The number of aromatic nitrogens is 5. The summed E-state index contributed by atoms with van der Waals surface area (Å²) in [6, 6.07) is 0.387. The molecule has 0 amide bonds. The van der Waals surface area contributed by atoms with Gasteiger partial charge in [-0.2, -0.15) is 19.4 Å². The molecule has 2 aliphatic rings. The van der Waals surface area contributed by atoms with Crippen LogP contribution in [0.5, 0.6) is 0 Å². The Kier molecular flexibility index (Phi) is 1.96. The quantitative estimate of drug-likeness (QED) is 0.813. The first-order valence-electron chi connectivity index (χ1n) is 5.84. The zero-order valence-electron chi connectivity index (χ0n) is 9.23. The van der Waals surface area contributed by atoms with Gasteiger partial charge in [-0.15, -0.1) is 0 Å². The third-order valence-electron chi connectivity index (χ3n) is 3.27. The molecule has 2 aromatic heterocycles. The Hall–Kier alpha value is -1.50. The maximum atomic E-state index is 4.59. The van der Waals surface area contributed by atoms with E-state index in [1.807, 2.05) is 0 Å². The average Bonchev–Trinajstić information content (AvgIpc) is 2.79. The molecule has 2 aromatic rings. The van der Waals surface area contributed by atoms with Crippen LogP contribution >= 0.6 is 11.5 Å². The largest absolute Gasteiger partial charge is 0.342 e. The highest BCUT2D eigenvalue weighted by atomic mass is 32.1. The van der Waals surface area contributed by atoms with Crippen molar-refractivity contribution < 1.29 is 0 Å². The second-order valence-corrected chi connectivity index (χ2v) is 5.35. The van der Waals surface area contributed by atoms with Crippen LogP contribution in [0.15, 0.2) is 12.4 Å². The van der Waals surface area contributed by atoms with E-state index in [0.29, 0.717) is 12.0 Å². The third-order valence-corrected chi connectivity index (χ3v) is 4.06. The topological polar surface area (TPSA) is 59.7 Å². The zero-order valence-corrected chi connectivity index (χ0v) is 10.0. The lowest BCUT2D eigenvalue weighted by molar-refractivity contribution is 0.332. The summed E-state index contributed by atoms with van der Waals surface area (Å²) in [7, 11) is 0. The van der Waals surface area contributed by atoms with Gasteiger partial charge in [-0.25, -0.2) is 4.98 Å². The summed E-state index contributed by atoms with van der Waals surface area (Å²) in [5.41, 5.74) is 0. The van der Waals surface area contributed by atoms with Gasteiger partial charge in [0.2, 0.25) is 5.13 Å². The SMILES string of the molecule is c1cnn(C2CN(c3nc(C4CC4)ns3)C2)n1. The minimum atomic E-state index is 0.387. The van der Waals surface area contributed by atoms with Crippen LogP contribution in [-0.2, 0) is 0 Å². The van der Waals surface area contributed by atoms with Crippen molar-refractivity contribution in [2.45, 2.75) is 24.8 Å². The standard InChI is InChI=1S/C10H12N6S/c1-2-7(1)9-13-10(17-14-9)15-5-8(6-15)16-11-3-4-12-16/h3-4,7-8H,1-2,5-6H2. The van der Waals surface area contributed by atoms with Gasteiger partial charge in [-0.1, -0.05) is 0 Å². The lowest BCUT2D eigenvalue weighted by atomic mass is 10.1. The summed E-state index contributed by atoms with van der Waals surface area (Å²) in [5.74, 6) is 1.69. The van der Waals surface area contributed by atoms with Crippen LogP contribution in [0, 0.1) is 0 Å². The summed E-state index contributed by atoms with van der Waals surface area (Å²) in [6.45, 7) is 1.88. The van der Waals surface area contributed by atoms with Crippen LogP contribution in [0.3, 0.4) is 0 Å². The van der Waals surface area contributed by atoms with Crippen molar-refractivity contribution in [3.05, 3.63) is 18.2 Å². The lowest BCUT2D eigenvalue weighted by Crippen LogP contribution is -2.48. The van der Waals surface area contributed by atoms with E-state index >= 15 is 0 Å². The van der Waals surface area contributed by atoms with E-state index in [1.165, 1.54) is 24.4 Å². The van der Waals surface area contributed by atoms with Gasteiger partial charge in [0.1, 0.15) is 11.9 Å². The first-order chi connectivity index (χ1) is 8.40. The Morgan fingerprint density at radius 3 is 2.65 bits per heavy atom. The molecule has 1 aliphatic heterocycles. The molecular weight excluding hydrogens is 236 g/mol. The van der Waals surface area contributed by atoms with Crippen molar-refractivity contribution in [2.24, 2.45) is 0 Å². The van der Waals surface area contributed by atoms with Crippen molar-refractivity contribution in [2.75, 3.05) is 18.0 Å². The molecule has 1 aliphatic carbocycles. The number of nitrogens with zero attached hydrogens (tertiary/aromatic N) is 6. The number of anilines is 1. The molecule has 7 heteroatoms. The van der Waals surface area contributed by atoms with Gasteiger partial charge in [0.15, 0.2) is 0 Å². The molecular formula is C10H12N6S. The van der Waals surface area contributed by atoms with E-state index in [9.17, 15) is 0 Å². The summed E-state index contributed by atoms with van der Waals surface area (Å²) in [4.78, 5) is 8.62. The summed E-state index contributed by atoms with van der Waals surface area (Å²) in [6.07, 6.45) is 5.96. The second-order valence-electron chi connectivity index (χ2n) is 4.62. The Labute approximate surface area is 102 Å². The van der Waals surface area contributed by atoms with Gasteiger partial charge in [0.25, 0.3) is 0 Å². The molecule has 17 heavy (non-hydrogen) atoms. The molecule has 0 bridgehead atoms. The average molecular weight is 248 g/mol. The molecule has 0 radical (unpaired) electrons. The predicted octanol–water partition coefficient (Wildman–Crippen LogP) is 1.07. The van der Waals surface area contributed by atoms with Crippen LogP contribution in [0.1, 0.15) is 30.6 Å². The number of rotatable bonds is 3. The smallest absolute Gasteiger partial charge is 0.205 e. The second kappa shape index (κ2) is 3.49. The van der Waals surface area contributed by atoms with E-state index in [-0.39, 0.29) is 0 Å². The summed E-state index contributed by atoms with van der Waals surface area (Å²) < 4.78 is 4.42. The molecule has 1 saturated carbocycles. The zero-order chi connectivity index (χ0) is 11.2. The van der Waals surface area contributed by atoms with Gasteiger partial charge in [-0.05, 0) is 12.8 Å². The third kappa shape index (κ3) is 1.61. The molecule has 3 heterocycles. The van der Waals surface area contributed by atoms with E-state index in [4.69, 9.17) is 0 Å². The molecule has 0 unspecified atom stereocenters. The van der Waals surface area contributed by atoms with Crippen LogP contribution in [-0.4, -0.2) is 37.4 Å². The Morgan fingerprint density at radius 2 is 1.94 bits per heavy atom. The Balaban J connectivity index is 1.44. The van der Waals surface area contributed by atoms with E-state index in [2.05, 4.69) is 24.5 Å². The van der Waals surface area contributed by atoms with E-state index in [1.54, 1.807) is 17.2 Å². The van der Waals surface area contributed by atoms with Crippen LogP contribution in [0.25, 0.3) is 0 Å².